The molecule has 0 aromatic heterocycles. The van der Waals surface area contributed by atoms with Crippen LogP contribution in [0, 0.1) is 5.92 Å². The average molecular weight is 298 g/mol. The minimum atomic E-state index is -4.34. The van der Waals surface area contributed by atoms with Crippen molar-refractivity contribution >= 4 is 5.91 Å². The molecule has 1 aromatic rings. The Hall–Kier alpha value is -1.56. The SMILES string of the molecule is N[C@@H]1CCN(C(=O)C2CC2c2cccc(C(F)(F)F)c2)C1. The van der Waals surface area contributed by atoms with Crippen LogP contribution in [0.4, 0.5) is 13.2 Å². The summed E-state index contributed by atoms with van der Waals surface area (Å²) >= 11 is 0. The molecule has 2 fully saturated rings. The van der Waals surface area contributed by atoms with E-state index in [1.54, 1.807) is 11.0 Å². The number of halogens is 3. The molecule has 2 N–H and O–H groups in total. The lowest BCUT2D eigenvalue weighted by Gasteiger charge is -2.15. The second kappa shape index (κ2) is 5.02. The van der Waals surface area contributed by atoms with Gasteiger partial charge in [0.05, 0.1) is 5.56 Å². The van der Waals surface area contributed by atoms with Gasteiger partial charge in [0, 0.05) is 25.0 Å². The van der Waals surface area contributed by atoms with E-state index in [-0.39, 0.29) is 23.8 Å². The van der Waals surface area contributed by atoms with Gasteiger partial charge in [-0.2, -0.15) is 13.2 Å². The number of hydrogen-bond acceptors (Lipinski definition) is 2. The molecule has 1 amide bonds. The summed E-state index contributed by atoms with van der Waals surface area (Å²) in [6.07, 6.45) is -2.91. The summed E-state index contributed by atoms with van der Waals surface area (Å²) in [6, 6.07) is 5.32. The fraction of sp³-hybridized carbons (Fsp3) is 0.533. The second-order valence-electron chi connectivity index (χ2n) is 5.90. The standard InChI is InChI=1S/C15H17F3N2O/c16-15(17,18)10-3-1-2-9(6-10)12-7-13(12)14(21)20-5-4-11(19)8-20/h1-3,6,11-13H,4-5,7-8,19H2/t11-,12?,13?/m1/s1. The van der Waals surface area contributed by atoms with E-state index >= 15 is 0 Å². The molecular weight excluding hydrogens is 281 g/mol. The molecular formula is C15H17F3N2O. The number of likely N-dealkylation sites (tertiary alicyclic amines) is 1. The molecule has 1 aliphatic heterocycles. The highest BCUT2D eigenvalue weighted by Crippen LogP contribution is 2.49. The maximum absolute atomic E-state index is 12.7. The molecule has 1 heterocycles. The van der Waals surface area contributed by atoms with Crippen molar-refractivity contribution in [3.63, 3.8) is 0 Å². The lowest BCUT2D eigenvalue weighted by Crippen LogP contribution is -2.33. The fourth-order valence-corrected chi connectivity index (χ4v) is 3.00. The van der Waals surface area contributed by atoms with Crippen LogP contribution >= 0.6 is 0 Å². The summed E-state index contributed by atoms with van der Waals surface area (Å²) in [7, 11) is 0. The molecule has 1 saturated heterocycles. The summed E-state index contributed by atoms with van der Waals surface area (Å²) < 4.78 is 38.1. The summed E-state index contributed by atoms with van der Waals surface area (Å²) in [5.74, 6) is -0.235. The van der Waals surface area contributed by atoms with Gasteiger partial charge < -0.3 is 10.6 Å². The van der Waals surface area contributed by atoms with E-state index in [1.165, 1.54) is 6.07 Å². The van der Waals surface area contributed by atoms with Crippen LogP contribution in [0.15, 0.2) is 24.3 Å². The Morgan fingerprint density at radius 1 is 1.33 bits per heavy atom. The zero-order chi connectivity index (χ0) is 15.2. The van der Waals surface area contributed by atoms with Crippen molar-refractivity contribution in [3.8, 4) is 0 Å². The maximum atomic E-state index is 12.7. The van der Waals surface area contributed by atoms with E-state index < -0.39 is 11.7 Å². The van der Waals surface area contributed by atoms with Gasteiger partial charge in [0.2, 0.25) is 5.91 Å². The molecule has 2 aliphatic rings. The molecule has 1 saturated carbocycles. The van der Waals surface area contributed by atoms with Crippen molar-refractivity contribution < 1.29 is 18.0 Å². The van der Waals surface area contributed by atoms with E-state index in [9.17, 15) is 18.0 Å². The lowest BCUT2D eigenvalue weighted by atomic mass is 10.1. The molecule has 21 heavy (non-hydrogen) atoms. The van der Waals surface area contributed by atoms with E-state index in [0.29, 0.717) is 25.1 Å². The number of alkyl halides is 3. The number of rotatable bonds is 2. The van der Waals surface area contributed by atoms with Crippen molar-refractivity contribution in [3.05, 3.63) is 35.4 Å². The van der Waals surface area contributed by atoms with E-state index in [2.05, 4.69) is 0 Å². The van der Waals surface area contributed by atoms with Gasteiger partial charge in [-0.3, -0.25) is 4.79 Å². The molecule has 3 atom stereocenters. The number of carbonyl (C=O) groups is 1. The van der Waals surface area contributed by atoms with Crippen molar-refractivity contribution in [2.24, 2.45) is 11.7 Å². The van der Waals surface area contributed by atoms with Gasteiger partial charge in [-0.1, -0.05) is 18.2 Å². The van der Waals surface area contributed by atoms with E-state index in [4.69, 9.17) is 5.73 Å². The van der Waals surface area contributed by atoms with Crippen LogP contribution < -0.4 is 5.73 Å². The van der Waals surface area contributed by atoms with Crippen molar-refractivity contribution in [2.75, 3.05) is 13.1 Å². The highest BCUT2D eigenvalue weighted by molar-refractivity contribution is 5.83. The van der Waals surface area contributed by atoms with Gasteiger partial charge in [0.1, 0.15) is 0 Å². The Bertz CT molecular complexity index is 558. The van der Waals surface area contributed by atoms with Crippen LogP contribution in [0.3, 0.4) is 0 Å². The molecule has 3 rings (SSSR count). The fourth-order valence-electron chi connectivity index (χ4n) is 3.00. The zero-order valence-corrected chi connectivity index (χ0v) is 11.4. The molecule has 0 spiro atoms. The highest BCUT2D eigenvalue weighted by Gasteiger charge is 2.47. The average Bonchev–Trinajstić information content (AvgIpc) is 3.12. The minimum absolute atomic E-state index is 0.0275. The third-order valence-corrected chi connectivity index (χ3v) is 4.29. The summed E-state index contributed by atoms with van der Waals surface area (Å²) in [5.41, 5.74) is 5.73. The maximum Gasteiger partial charge on any atom is 0.416 e. The third kappa shape index (κ3) is 2.90. The predicted molar refractivity (Wildman–Crippen MR) is 71.5 cm³/mol. The van der Waals surface area contributed by atoms with Crippen LogP contribution in [0.25, 0.3) is 0 Å². The van der Waals surface area contributed by atoms with Gasteiger partial charge in [-0.25, -0.2) is 0 Å². The number of hydrogen-bond donors (Lipinski definition) is 1. The van der Waals surface area contributed by atoms with Crippen LogP contribution in [-0.4, -0.2) is 29.9 Å². The Morgan fingerprint density at radius 2 is 2.10 bits per heavy atom. The first-order valence-corrected chi connectivity index (χ1v) is 7.08. The minimum Gasteiger partial charge on any atom is -0.341 e. The Balaban J connectivity index is 1.69. The van der Waals surface area contributed by atoms with Crippen molar-refractivity contribution in [1.29, 1.82) is 0 Å². The van der Waals surface area contributed by atoms with E-state index in [0.717, 1.165) is 18.6 Å². The first-order chi connectivity index (χ1) is 9.86. The summed E-state index contributed by atoms with van der Waals surface area (Å²) in [6.45, 7) is 1.22. The van der Waals surface area contributed by atoms with Crippen LogP contribution in [-0.2, 0) is 11.0 Å². The second-order valence-corrected chi connectivity index (χ2v) is 5.90. The molecule has 0 radical (unpaired) electrons. The van der Waals surface area contributed by atoms with Crippen LogP contribution in [0.1, 0.15) is 29.9 Å². The van der Waals surface area contributed by atoms with Crippen LogP contribution in [0.5, 0.6) is 0 Å². The molecule has 114 valence electrons. The first-order valence-electron chi connectivity index (χ1n) is 7.08. The Morgan fingerprint density at radius 3 is 2.71 bits per heavy atom. The molecule has 1 aromatic carbocycles. The number of nitrogens with two attached hydrogens (primary N) is 1. The van der Waals surface area contributed by atoms with Gasteiger partial charge in [0.15, 0.2) is 0 Å². The first kappa shape index (κ1) is 14.4. The van der Waals surface area contributed by atoms with Gasteiger partial charge in [-0.05, 0) is 30.4 Å². The number of amides is 1. The van der Waals surface area contributed by atoms with Crippen molar-refractivity contribution in [1.82, 2.24) is 4.90 Å². The van der Waals surface area contributed by atoms with E-state index in [1.807, 2.05) is 0 Å². The Kier molecular flexibility index (Phi) is 3.43. The predicted octanol–water partition coefficient (Wildman–Crippen LogP) is 2.37. The number of nitrogens with zero attached hydrogens (tertiary/aromatic N) is 1. The molecule has 0 bridgehead atoms. The molecule has 3 nitrogen and oxygen atoms in total. The normalized spacial score (nSPS) is 28.8. The topological polar surface area (TPSA) is 46.3 Å². The summed E-state index contributed by atoms with van der Waals surface area (Å²) in [5, 5.41) is 0. The summed E-state index contributed by atoms with van der Waals surface area (Å²) in [4.78, 5) is 14.0. The van der Waals surface area contributed by atoms with Crippen LogP contribution in [0.2, 0.25) is 0 Å². The largest absolute Gasteiger partial charge is 0.416 e. The number of carbonyl (C=O) groups excluding carboxylic acids is 1. The third-order valence-electron chi connectivity index (χ3n) is 4.29. The van der Waals surface area contributed by atoms with Gasteiger partial charge >= 0.3 is 6.18 Å². The monoisotopic (exact) mass is 298 g/mol. The lowest BCUT2D eigenvalue weighted by molar-refractivity contribution is -0.137. The zero-order valence-electron chi connectivity index (χ0n) is 11.4. The highest BCUT2D eigenvalue weighted by atomic mass is 19.4. The molecule has 2 unspecified atom stereocenters. The van der Waals surface area contributed by atoms with Gasteiger partial charge in [-0.15, -0.1) is 0 Å². The van der Waals surface area contributed by atoms with Gasteiger partial charge in [0.25, 0.3) is 0 Å². The Labute approximate surface area is 120 Å². The quantitative estimate of drug-likeness (QED) is 0.911. The molecule has 1 aliphatic carbocycles. The number of benzene rings is 1. The smallest absolute Gasteiger partial charge is 0.341 e. The molecule has 6 heteroatoms. The van der Waals surface area contributed by atoms with Crippen molar-refractivity contribution in [2.45, 2.75) is 31.0 Å².